The van der Waals surface area contributed by atoms with E-state index in [9.17, 15) is 4.79 Å². The predicted molar refractivity (Wildman–Crippen MR) is 92.3 cm³/mol. The molecule has 1 aliphatic heterocycles. The maximum Gasteiger partial charge on any atom is 0.309 e. The number of hydrogen-bond acceptors (Lipinski definition) is 3. The Morgan fingerprint density at radius 3 is 2.52 bits per heavy atom. The molecule has 1 N–H and O–H groups in total. The summed E-state index contributed by atoms with van der Waals surface area (Å²) in [5.41, 5.74) is 2.50. The van der Waals surface area contributed by atoms with Gasteiger partial charge in [0.2, 0.25) is 0 Å². The van der Waals surface area contributed by atoms with Crippen molar-refractivity contribution >= 4 is 11.9 Å². The van der Waals surface area contributed by atoms with E-state index < -0.39 is 0 Å². The van der Waals surface area contributed by atoms with Crippen molar-refractivity contribution in [2.75, 3.05) is 26.7 Å². The maximum atomic E-state index is 11.8. The molecule has 1 heterocycles. The number of benzene rings is 1. The monoisotopic (exact) mass is 317 g/mol. The molecule has 2 rings (SSSR count). The minimum atomic E-state index is -0.0604. The van der Waals surface area contributed by atoms with Gasteiger partial charge in [-0.05, 0) is 32.3 Å². The average Bonchev–Trinajstić information content (AvgIpc) is 2.58. The molecule has 0 unspecified atom stereocenters. The van der Waals surface area contributed by atoms with Crippen LogP contribution in [0.5, 0.6) is 0 Å². The van der Waals surface area contributed by atoms with E-state index in [-0.39, 0.29) is 11.9 Å². The minimum absolute atomic E-state index is 0.0291. The molecule has 126 valence electrons. The number of carbonyl (C=O) groups excluding carboxylic acids is 1. The van der Waals surface area contributed by atoms with Crippen molar-refractivity contribution in [2.45, 2.75) is 33.2 Å². The molecule has 0 atom stereocenters. The predicted octanol–water partition coefficient (Wildman–Crippen LogP) is 2.35. The molecule has 0 aliphatic carbocycles. The van der Waals surface area contributed by atoms with Gasteiger partial charge in [0, 0.05) is 26.7 Å². The molecule has 0 saturated carbocycles. The van der Waals surface area contributed by atoms with E-state index >= 15 is 0 Å². The number of esters is 1. The number of ether oxygens (including phenoxy) is 1. The second-order valence-corrected chi connectivity index (χ2v) is 5.90. The summed E-state index contributed by atoms with van der Waals surface area (Å²) in [6.07, 6.45) is 1.65. The van der Waals surface area contributed by atoms with E-state index in [1.165, 1.54) is 11.1 Å². The zero-order chi connectivity index (χ0) is 16.7. The highest BCUT2D eigenvalue weighted by Gasteiger charge is 2.27. The summed E-state index contributed by atoms with van der Waals surface area (Å²) in [6.45, 7) is 6.81. The molecule has 0 amide bonds. The topological polar surface area (TPSA) is 53.9 Å². The lowest BCUT2D eigenvalue weighted by Crippen LogP contribution is -2.46. The standard InChI is InChI=1S/C18H27N3O2/c1-4-23-17(22)16-9-11-21(12-10-16)18(19-3)20-13-15-7-5-14(2)6-8-15/h5-8,16H,4,9-13H2,1-3H3,(H,19,20). The van der Waals surface area contributed by atoms with Crippen LogP contribution in [0.1, 0.15) is 30.9 Å². The van der Waals surface area contributed by atoms with Crippen molar-refractivity contribution in [1.82, 2.24) is 10.2 Å². The first-order valence-electron chi connectivity index (χ1n) is 8.31. The van der Waals surface area contributed by atoms with E-state index in [0.29, 0.717) is 6.61 Å². The molecule has 0 aromatic heterocycles. The summed E-state index contributed by atoms with van der Waals surface area (Å²) in [4.78, 5) is 18.4. The third kappa shape index (κ3) is 4.98. The number of nitrogens with zero attached hydrogens (tertiary/aromatic N) is 2. The molecule has 23 heavy (non-hydrogen) atoms. The number of likely N-dealkylation sites (tertiary alicyclic amines) is 1. The Labute approximate surface area is 138 Å². The van der Waals surface area contributed by atoms with Gasteiger partial charge in [0.15, 0.2) is 5.96 Å². The van der Waals surface area contributed by atoms with Gasteiger partial charge < -0.3 is 15.0 Å². The van der Waals surface area contributed by atoms with Crippen molar-refractivity contribution in [3.63, 3.8) is 0 Å². The van der Waals surface area contributed by atoms with Crippen LogP contribution in [0, 0.1) is 12.8 Å². The van der Waals surface area contributed by atoms with Crippen LogP contribution < -0.4 is 5.32 Å². The molecule has 0 spiro atoms. The summed E-state index contributed by atoms with van der Waals surface area (Å²) in [7, 11) is 1.80. The van der Waals surface area contributed by atoms with E-state index in [1.807, 2.05) is 6.92 Å². The number of piperidine rings is 1. The zero-order valence-electron chi connectivity index (χ0n) is 14.3. The smallest absolute Gasteiger partial charge is 0.309 e. The third-order valence-corrected chi connectivity index (χ3v) is 4.20. The van der Waals surface area contributed by atoms with Crippen molar-refractivity contribution < 1.29 is 9.53 Å². The molecule has 1 saturated heterocycles. The highest BCUT2D eigenvalue weighted by molar-refractivity contribution is 5.80. The summed E-state index contributed by atoms with van der Waals surface area (Å²) in [6, 6.07) is 8.49. The van der Waals surface area contributed by atoms with Crippen molar-refractivity contribution in [2.24, 2.45) is 10.9 Å². The Balaban J connectivity index is 1.83. The Hall–Kier alpha value is -2.04. The fraction of sp³-hybridized carbons (Fsp3) is 0.556. The second-order valence-electron chi connectivity index (χ2n) is 5.90. The summed E-state index contributed by atoms with van der Waals surface area (Å²) in [5, 5.41) is 3.40. The molecule has 5 nitrogen and oxygen atoms in total. The fourth-order valence-corrected chi connectivity index (χ4v) is 2.81. The van der Waals surface area contributed by atoms with Gasteiger partial charge in [0.05, 0.1) is 12.5 Å². The van der Waals surface area contributed by atoms with E-state index in [4.69, 9.17) is 4.74 Å². The summed E-state index contributed by atoms with van der Waals surface area (Å²) < 4.78 is 5.12. The van der Waals surface area contributed by atoms with Gasteiger partial charge in [-0.2, -0.15) is 0 Å². The van der Waals surface area contributed by atoms with Gasteiger partial charge in [0.25, 0.3) is 0 Å². The molecule has 1 aliphatic rings. The lowest BCUT2D eigenvalue weighted by atomic mass is 9.97. The first-order valence-corrected chi connectivity index (χ1v) is 8.31. The lowest BCUT2D eigenvalue weighted by molar-refractivity contribution is -0.149. The third-order valence-electron chi connectivity index (χ3n) is 4.20. The SMILES string of the molecule is CCOC(=O)C1CCN(C(=NC)NCc2ccc(C)cc2)CC1. The molecule has 0 bridgehead atoms. The first-order chi connectivity index (χ1) is 11.1. The number of hydrogen-bond donors (Lipinski definition) is 1. The number of carbonyl (C=O) groups is 1. The van der Waals surface area contributed by atoms with Crippen LogP contribution in [0.4, 0.5) is 0 Å². The molecular weight excluding hydrogens is 290 g/mol. The molecule has 0 radical (unpaired) electrons. The van der Waals surface area contributed by atoms with Crippen LogP contribution in [-0.2, 0) is 16.1 Å². The average molecular weight is 317 g/mol. The fourth-order valence-electron chi connectivity index (χ4n) is 2.81. The van der Waals surface area contributed by atoms with Gasteiger partial charge in [-0.25, -0.2) is 0 Å². The normalized spacial score (nSPS) is 16.3. The van der Waals surface area contributed by atoms with Crippen molar-refractivity contribution in [1.29, 1.82) is 0 Å². The molecule has 5 heteroatoms. The zero-order valence-corrected chi connectivity index (χ0v) is 14.3. The molecular formula is C18H27N3O2. The number of aliphatic imine (C=N–C) groups is 1. The Morgan fingerprint density at radius 2 is 1.96 bits per heavy atom. The van der Waals surface area contributed by atoms with Crippen molar-refractivity contribution in [3.8, 4) is 0 Å². The Kier molecular flexibility index (Phi) is 6.44. The van der Waals surface area contributed by atoms with Gasteiger partial charge >= 0.3 is 5.97 Å². The van der Waals surface area contributed by atoms with Crippen molar-refractivity contribution in [3.05, 3.63) is 35.4 Å². The van der Waals surface area contributed by atoms with E-state index in [2.05, 4.69) is 46.4 Å². The summed E-state index contributed by atoms with van der Waals surface area (Å²) in [5.74, 6) is 0.865. The minimum Gasteiger partial charge on any atom is -0.466 e. The number of nitrogens with one attached hydrogen (secondary N) is 1. The van der Waals surface area contributed by atoms with Crippen LogP contribution in [0.15, 0.2) is 29.3 Å². The van der Waals surface area contributed by atoms with E-state index in [0.717, 1.165) is 38.4 Å². The Bertz CT molecular complexity index is 532. The highest BCUT2D eigenvalue weighted by atomic mass is 16.5. The van der Waals surface area contributed by atoms with Crippen LogP contribution in [-0.4, -0.2) is 43.6 Å². The van der Waals surface area contributed by atoms with Gasteiger partial charge in [-0.3, -0.25) is 9.79 Å². The molecule has 1 aromatic rings. The first kappa shape index (κ1) is 17.3. The van der Waals surface area contributed by atoms with Crippen LogP contribution in [0.2, 0.25) is 0 Å². The maximum absolute atomic E-state index is 11.8. The summed E-state index contributed by atoms with van der Waals surface area (Å²) >= 11 is 0. The van der Waals surface area contributed by atoms with E-state index in [1.54, 1.807) is 7.05 Å². The Morgan fingerprint density at radius 1 is 1.30 bits per heavy atom. The quantitative estimate of drug-likeness (QED) is 0.526. The highest BCUT2D eigenvalue weighted by Crippen LogP contribution is 2.18. The second kappa shape index (κ2) is 8.56. The lowest BCUT2D eigenvalue weighted by Gasteiger charge is -2.33. The number of rotatable bonds is 4. The van der Waals surface area contributed by atoms with Gasteiger partial charge in [0.1, 0.15) is 0 Å². The molecule has 1 fully saturated rings. The van der Waals surface area contributed by atoms with Crippen LogP contribution >= 0.6 is 0 Å². The number of guanidine groups is 1. The number of aryl methyl sites for hydroxylation is 1. The van der Waals surface area contributed by atoms with Gasteiger partial charge in [-0.15, -0.1) is 0 Å². The largest absolute Gasteiger partial charge is 0.466 e. The van der Waals surface area contributed by atoms with Gasteiger partial charge in [-0.1, -0.05) is 29.8 Å². The van der Waals surface area contributed by atoms with Crippen LogP contribution in [0.3, 0.4) is 0 Å². The van der Waals surface area contributed by atoms with Crippen LogP contribution in [0.25, 0.3) is 0 Å². The molecule has 1 aromatic carbocycles.